The van der Waals surface area contributed by atoms with E-state index in [4.69, 9.17) is 5.73 Å². The van der Waals surface area contributed by atoms with E-state index in [1.807, 2.05) is 6.07 Å². The molecule has 33 heavy (non-hydrogen) atoms. The summed E-state index contributed by atoms with van der Waals surface area (Å²) >= 11 is 0. The Bertz CT molecular complexity index is 1250. The predicted octanol–water partition coefficient (Wildman–Crippen LogP) is 1.48. The first-order chi connectivity index (χ1) is 15.9. The van der Waals surface area contributed by atoms with Crippen LogP contribution in [0.15, 0.2) is 59.7 Å². The van der Waals surface area contributed by atoms with Gasteiger partial charge in [-0.1, -0.05) is 12.1 Å². The van der Waals surface area contributed by atoms with Gasteiger partial charge in [0, 0.05) is 37.3 Å². The molecule has 0 aliphatic carbocycles. The maximum absolute atomic E-state index is 12.8. The van der Waals surface area contributed by atoms with E-state index in [9.17, 15) is 19.2 Å². The Morgan fingerprint density at radius 3 is 2.61 bits per heavy atom. The number of aromatic nitrogens is 2. The van der Waals surface area contributed by atoms with Crippen LogP contribution in [-0.2, 0) is 4.79 Å². The van der Waals surface area contributed by atoms with E-state index in [-0.39, 0.29) is 36.5 Å². The van der Waals surface area contributed by atoms with Crippen LogP contribution >= 0.6 is 0 Å². The number of nitrogens with two attached hydrogens (primary N) is 1. The molecule has 10 nitrogen and oxygen atoms in total. The fourth-order valence-corrected chi connectivity index (χ4v) is 3.81. The van der Waals surface area contributed by atoms with Crippen molar-refractivity contribution in [3.8, 4) is 0 Å². The summed E-state index contributed by atoms with van der Waals surface area (Å²) in [6.45, 7) is 1.07. The first kappa shape index (κ1) is 22.0. The average molecular weight is 448 g/mol. The number of fused-ring (bicyclic) bond motifs is 1. The molecule has 1 atom stereocenters. The summed E-state index contributed by atoms with van der Waals surface area (Å²) < 4.78 is 1.60. The Balaban J connectivity index is 1.35. The van der Waals surface area contributed by atoms with Crippen LogP contribution in [0, 0.1) is 0 Å². The Kier molecular flexibility index (Phi) is 6.34. The van der Waals surface area contributed by atoms with Crippen molar-refractivity contribution in [2.75, 3.05) is 25.0 Å². The van der Waals surface area contributed by atoms with E-state index < -0.39 is 5.91 Å². The van der Waals surface area contributed by atoms with Gasteiger partial charge < -0.3 is 21.3 Å². The van der Waals surface area contributed by atoms with Crippen molar-refractivity contribution >= 4 is 34.4 Å². The average Bonchev–Trinajstić information content (AvgIpc) is 3.30. The minimum atomic E-state index is -0.487. The number of primary amides is 1. The van der Waals surface area contributed by atoms with Crippen molar-refractivity contribution in [1.82, 2.24) is 19.8 Å². The monoisotopic (exact) mass is 448 g/mol. The fraction of sp³-hybridized carbons (Fsp3) is 0.261. The molecule has 0 bridgehead atoms. The summed E-state index contributed by atoms with van der Waals surface area (Å²) in [7, 11) is 0. The zero-order chi connectivity index (χ0) is 23.4. The number of hydrogen-bond donors (Lipinski definition) is 3. The molecule has 1 unspecified atom stereocenters. The van der Waals surface area contributed by atoms with Gasteiger partial charge in [0.15, 0.2) is 0 Å². The van der Waals surface area contributed by atoms with Crippen LogP contribution in [-0.4, -0.2) is 51.9 Å². The van der Waals surface area contributed by atoms with Crippen LogP contribution < -0.4 is 21.9 Å². The molecule has 2 aromatic carbocycles. The number of nitrogens with zero attached hydrogens (tertiary/aromatic N) is 3. The number of hydrogen-bond acceptors (Lipinski definition) is 5. The SMILES string of the molecule is NC(=O)CCNC(=O)c1ccc(NC(=O)N2CCC(n3cnc4ccccc4c3=O)C2)cc1. The van der Waals surface area contributed by atoms with Gasteiger partial charge in [0.05, 0.1) is 23.3 Å². The largest absolute Gasteiger partial charge is 0.370 e. The van der Waals surface area contributed by atoms with Gasteiger partial charge in [0.25, 0.3) is 11.5 Å². The molecule has 4 amide bonds. The molecule has 1 aliphatic heterocycles. The topological polar surface area (TPSA) is 139 Å². The quantitative estimate of drug-likeness (QED) is 0.524. The molecule has 1 aromatic heterocycles. The highest BCUT2D eigenvalue weighted by Gasteiger charge is 2.28. The number of benzene rings is 2. The van der Waals surface area contributed by atoms with E-state index in [0.717, 1.165) is 0 Å². The summed E-state index contributed by atoms with van der Waals surface area (Å²) in [5, 5.41) is 5.98. The number of carbonyl (C=O) groups excluding carboxylic acids is 3. The van der Waals surface area contributed by atoms with Crippen molar-refractivity contribution in [3.63, 3.8) is 0 Å². The lowest BCUT2D eigenvalue weighted by molar-refractivity contribution is -0.117. The molecule has 2 heterocycles. The van der Waals surface area contributed by atoms with Gasteiger partial charge in [-0.25, -0.2) is 9.78 Å². The number of para-hydroxylation sites is 1. The molecule has 1 saturated heterocycles. The number of likely N-dealkylation sites (tertiary alicyclic amines) is 1. The second-order valence-electron chi connectivity index (χ2n) is 7.84. The summed E-state index contributed by atoms with van der Waals surface area (Å²) in [6, 6.07) is 13.2. The second-order valence-corrected chi connectivity index (χ2v) is 7.84. The van der Waals surface area contributed by atoms with Crippen molar-refractivity contribution in [2.24, 2.45) is 5.73 Å². The van der Waals surface area contributed by atoms with Crippen molar-refractivity contribution in [1.29, 1.82) is 0 Å². The third-order valence-electron chi connectivity index (χ3n) is 5.59. The van der Waals surface area contributed by atoms with Gasteiger partial charge in [0.2, 0.25) is 5.91 Å². The highest BCUT2D eigenvalue weighted by molar-refractivity contribution is 5.95. The summed E-state index contributed by atoms with van der Waals surface area (Å²) in [6.07, 6.45) is 2.26. The van der Waals surface area contributed by atoms with Crippen LogP contribution in [0.1, 0.15) is 29.2 Å². The zero-order valence-corrected chi connectivity index (χ0v) is 17.9. The summed E-state index contributed by atoms with van der Waals surface area (Å²) in [4.78, 5) is 54.3. The molecule has 170 valence electrons. The van der Waals surface area contributed by atoms with Crippen molar-refractivity contribution in [2.45, 2.75) is 18.9 Å². The molecular weight excluding hydrogens is 424 g/mol. The third kappa shape index (κ3) is 5.00. The number of amides is 4. The van der Waals surface area contributed by atoms with Crippen LogP contribution in [0.2, 0.25) is 0 Å². The summed E-state index contributed by atoms with van der Waals surface area (Å²) in [5.41, 5.74) is 6.54. The standard InChI is InChI=1S/C23H24N6O4/c24-20(30)9-11-25-21(31)15-5-7-16(8-6-15)27-23(33)28-12-10-17(13-28)29-14-26-19-4-2-1-3-18(19)22(29)32/h1-8,14,17H,9-13H2,(H2,24,30)(H,25,31)(H,27,33). The Labute approximate surface area is 189 Å². The number of nitrogens with one attached hydrogen (secondary N) is 2. The molecule has 4 N–H and O–H groups in total. The van der Waals surface area contributed by atoms with Crippen LogP contribution in [0.3, 0.4) is 0 Å². The second kappa shape index (κ2) is 9.51. The van der Waals surface area contributed by atoms with Gasteiger partial charge in [-0.3, -0.25) is 19.0 Å². The van der Waals surface area contributed by atoms with Gasteiger partial charge in [-0.2, -0.15) is 0 Å². The van der Waals surface area contributed by atoms with E-state index in [1.54, 1.807) is 58.3 Å². The van der Waals surface area contributed by atoms with Crippen LogP contribution in [0.25, 0.3) is 10.9 Å². The number of urea groups is 1. The van der Waals surface area contributed by atoms with Crippen molar-refractivity contribution < 1.29 is 14.4 Å². The van der Waals surface area contributed by atoms with Crippen LogP contribution in [0.4, 0.5) is 10.5 Å². The molecule has 0 radical (unpaired) electrons. The molecule has 0 spiro atoms. The highest BCUT2D eigenvalue weighted by atomic mass is 16.2. The maximum atomic E-state index is 12.8. The molecule has 1 fully saturated rings. The number of rotatable bonds is 6. The van der Waals surface area contributed by atoms with Crippen molar-refractivity contribution in [3.05, 3.63) is 70.8 Å². The Morgan fingerprint density at radius 2 is 1.85 bits per heavy atom. The molecule has 1 aliphatic rings. The first-order valence-electron chi connectivity index (χ1n) is 10.6. The Morgan fingerprint density at radius 1 is 1.09 bits per heavy atom. The predicted molar refractivity (Wildman–Crippen MR) is 123 cm³/mol. The lowest BCUT2D eigenvalue weighted by Gasteiger charge is -2.18. The summed E-state index contributed by atoms with van der Waals surface area (Å²) in [5.74, 6) is -0.815. The lowest BCUT2D eigenvalue weighted by atomic mass is 10.2. The lowest BCUT2D eigenvalue weighted by Crippen LogP contribution is -2.34. The first-order valence-corrected chi connectivity index (χ1v) is 10.6. The molecular formula is C23H24N6O4. The minimum Gasteiger partial charge on any atom is -0.370 e. The molecule has 4 rings (SSSR count). The van der Waals surface area contributed by atoms with Gasteiger partial charge >= 0.3 is 6.03 Å². The van der Waals surface area contributed by atoms with E-state index in [2.05, 4.69) is 15.6 Å². The maximum Gasteiger partial charge on any atom is 0.321 e. The highest BCUT2D eigenvalue weighted by Crippen LogP contribution is 2.22. The third-order valence-corrected chi connectivity index (χ3v) is 5.59. The van der Waals surface area contributed by atoms with Gasteiger partial charge in [-0.05, 0) is 42.8 Å². The van der Waals surface area contributed by atoms with E-state index >= 15 is 0 Å². The molecule has 0 saturated carbocycles. The minimum absolute atomic E-state index is 0.0676. The normalized spacial score (nSPS) is 15.4. The van der Waals surface area contributed by atoms with Crippen LogP contribution in [0.5, 0.6) is 0 Å². The van der Waals surface area contributed by atoms with Gasteiger partial charge in [-0.15, -0.1) is 0 Å². The molecule has 3 aromatic rings. The zero-order valence-electron chi connectivity index (χ0n) is 17.9. The molecule has 10 heteroatoms. The Hall–Kier alpha value is -4.21. The smallest absolute Gasteiger partial charge is 0.321 e. The fourth-order valence-electron chi connectivity index (χ4n) is 3.81. The van der Waals surface area contributed by atoms with E-state index in [1.165, 1.54) is 0 Å². The number of anilines is 1. The van der Waals surface area contributed by atoms with Gasteiger partial charge in [0.1, 0.15) is 0 Å². The van der Waals surface area contributed by atoms with E-state index in [0.29, 0.717) is 41.7 Å². The number of carbonyl (C=O) groups is 3.